The number of nitrogens with two attached hydrogens (primary N) is 1. The van der Waals surface area contributed by atoms with Gasteiger partial charge in [0.25, 0.3) is 0 Å². The Bertz CT molecular complexity index is 565. The molecule has 0 amide bonds. The smallest absolute Gasteiger partial charge is 0.111 e. The summed E-state index contributed by atoms with van der Waals surface area (Å²) >= 11 is 0. The fourth-order valence-electron chi connectivity index (χ4n) is 3.62. The molecular weight excluding hydrogens is 246 g/mol. The highest BCUT2D eigenvalue weighted by atomic mass is 15.1. The number of nitrogens with zero attached hydrogens (tertiary/aromatic N) is 2. The molecule has 0 unspecified atom stereocenters. The molecule has 0 atom stereocenters. The van der Waals surface area contributed by atoms with E-state index in [1.807, 2.05) is 0 Å². The second-order valence-electron chi connectivity index (χ2n) is 6.01. The lowest BCUT2D eigenvalue weighted by Gasteiger charge is -2.30. The maximum Gasteiger partial charge on any atom is 0.111 e. The van der Waals surface area contributed by atoms with Crippen molar-refractivity contribution in [1.29, 1.82) is 0 Å². The van der Waals surface area contributed by atoms with E-state index in [-0.39, 0.29) is 0 Å². The van der Waals surface area contributed by atoms with Gasteiger partial charge in [-0.3, -0.25) is 0 Å². The molecule has 3 nitrogen and oxygen atoms in total. The Morgan fingerprint density at radius 3 is 2.65 bits per heavy atom. The van der Waals surface area contributed by atoms with Gasteiger partial charge in [-0.05, 0) is 50.3 Å². The van der Waals surface area contributed by atoms with Crippen LogP contribution in [0.2, 0.25) is 0 Å². The number of aromatic nitrogens is 2. The van der Waals surface area contributed by atoms with Gasteiger partial charge in [-0.15, -0.1) is 0 Å². The maximum absolute atomic E-state index is 5.77. The summed E-state index contributed by atoms with van der Waals surface area (Å²) in [6.07, 6.45) is 7.49. The molecule has 1 aromatic carbocycles. The Balaban J connectivity index is 1.94. The number of hydrogen-bond donors (Lipinski definition) is 1. The molecule has 0 bridgehead atoms. The van der Waals surface area contributed by atoms with E-state index in [4.69, 9.17) is 10.7 Å². The topological polar surface area (TPSA) is 43.8 Å². The molecule has 20 heavy (non-hydrogen) atoms. The van der Waals surface area contributed by atoms with Crippen molar-refractivity contribution in [2.75, 3.05) is 6.54 Å². The second kappa shape index (κ2) is 5.96. The first-order valence-electron chi connectivity index (χ1n) is 7.99. The van der Waals surface area contributed by atoms with Crippen LogP contribution < -0.4 is 5.73 Å². The van der Waals surface area contributed by atoms with Crippen LogP contribution in [0.5, 0.6) is 0 Å². The zero-order valence-electron chi connectivity index (χ0n) is 12.4. The van der Waals surface area contributed by atoms with Gasteiger partial charge in [-0.2, -0.15) is 0 Å². The summed E-state index contributed by atoms with van der Waals surface area (Å²) < 4.78 is 2.48. The monoisotopic (exact) mass is 271 g/mol. The highest BCUT2D eigenvalue weighted by Crippen LogP contribution is 2.36. The number of para-hydroxylation sites is 2. The summed E-state index contributed by atoms with van der Waals surface area (Å²) in [4.78, 5) is 4.80. The predicted octanol–water partition coefficient (Wildman–Crippen LogP) is 3.68. The van der Waals surface area contributed by atoms with Crippen molar-refractivity contribution in [3.8, 4) is 0 Å². The minimum atomic E-state index is 0.617. The van der Waals surface area contributed by atoms with Crippen LogP contribution in [-0.2, 0) is 6.42 Å². The van der Waals surface area contributed by atoms with Crippen molar-refractivity contribution >= 4 is 11.0 Å². The van der Waals surface area contributed by atoms with Crippen LogP contribution in [0.15, 0.2) is 24.3 Å². The van der Waals surface area contributed by atoms with Gasteiger partial charge < -0.3 is 10.3 Å². The summed E-state index contributed by atoms with van der Waals surface area (Å²) in [6, 6.07) is 9.12. The molecule has 1 aromatic heterocycles. The van der Waals surface area contributed by atoms with Gasteiger partial charge in [0.15, 0.2) is 0 Å². The van der Waals surface area contributed by atoms with Crippen molar-refractivity contribution in [2.45, 2.75) is 51.5 Å². The van der Waals surface area contributed by atoms with E-state index < -0.39 is 0 Å². The number of rotatable bonds is 4. The highest BCUT2D eigenvalue weighted by molar-refractivity contribution is 5.76. The Labute approximate surface area is 121 Å². The van der Waals surface area contributed by atoms with Gasteiger partial charge >= 0.3 is 0 Å². The molecule has 1 heterocycles. The Morgan fingerprint density at radius 1 is 1.20 bits per heavy atom. The zero-order chi connectivity index (χ0) is 13.9. The van der Waals surface area contributed by atoms with E-state index >= 15 is 0 Å². The van der Waals surface area contributed by atoms with Crippen LogP contribution in [0.4, 0.5) is 0 Å². The van der Waals surface area contributed by atoms with Gasteiger partial charge in [-0.25, -0.2) is 4.98 Å². The van der Waals surface area contributed by atoms with E-state index in [2.05, 4.69) is 35.8 Å². The molecule has 3 heteroatoms. The third-order valence-electron chi connectivity index (χ3n) is 4.80. The molecule has 0 radical (unpaired) electrons. The van der Waals surface area contributed by atoms with E-state index in [1.54, 1.807) is 0 Å². The minimum Gasteiger partial charge on any atom is -0.330 e. The zero-order valence-corrected chi connectivity index (χ0v) is 12.4. The maximum atomic E-state index is 5.77. The van der Waals surface area contributed by atoms with Crippen LogP contribution in [-0.4, -0.2) is 16.1 Å². The molecule has 2 N–H and O–H groups in total. The molecule has 0 saturated heterocycles. The summed E-state index contributed by atoms with van der Waals surface area (Å²) in [7, 11) is 0. The molecule has 108 valence electrons. The molecule has 1 aliphatic rings. The van der Waals surface area contributed by atoms with Gasteiger partial charge in [0, 0.05) is 12.5 Å². The van der Waals surface area contributed by atoms with Crippen molar-refractivity contribution in [3.05, 3.63) is 30.1 Å². The quantitative estimate of drug-likeness (QED) is 0.922. The highest BCUT2D eigenvalue weighted by Gasteiger charge is 2.24. The lowest BCUT2D eigenvalue weighted by molar-refractivity contribution is 0.269. The van der Waals surface area contributed by atoms with Crippen LogP contribution in [0.1, 0.15) is 50.9 Å². The van der Waals surface area contributed by atoms with E-state index in [0.717, 1.165) is 17.9 Å². The van der Waals surface area contributed by atoms with E-state index in [0.29, 0.717) is 12.6 Å². The fraction of sp³-hybridized carbons (Fsp3) is 0.588. The SMILES string of the molecule is CCC1CCC(n2c(CCN)nc3ccccc32)CC1. The number of imidazole rings is 1. The predicted molar refractivity (Wildman–Crippen MR) is 83.8 cm³/mol. The second-order valence-corrected chi connectivity index (χ2v) is 6.01. The van der Waals surface area contributed by atoms with Gasteiger partial charge in [-0.1, -0.05) is 25.5 Å². The average molecular weight is 271 g/mol. The summed E-state index contributed by atoms with van der Waals surface area (Å²) in [5.74, 6) is 2.10. The average Bonchev–Trinajstić information content (AvgIpc) is 2.86. The third-order valence-corrected chi connectivity index (χ3v) is 4.80. The van der Waals surface area contributed by atoms with E-state index in [1.165, 1.54) is 43.4 Å². The Hall–Kier alpha value is -1.35. The Morgan fingerprint density at radius 2 is 1.95 bits per heavy atom. The van der Waals surface area contributed by atoms with Gasteiger partial charge in [0.2, 0.25) is 0 Å². The van der Waals surface area contributed by atoms with Crippen molar-refractivity contribution in [2.24, 2.45) is 11.7 Å². The fourth-order valence-corrected chi connectivity index (χ4v) is 3.62. The first kappa shape index (κ1) is 13.6. The Kier molecular flexibility index (Phi) is 4.06. The van der Waals surface area contributed by atoms with Gasteiger partial charge in [0.1, 0.15) is 5.82 Å². The molecule has 3 rings (SSSR count). The minimum absolute atomic E-state index is 0.617. The largest absolute Gasteiger partial charge is 0.330 e. The van der Waals surface area contributed by atoms with Crippen molar-refractivity contribution in [3.63, 3.8) is 0 Å². The van der Waals surface area contributed by atoms with Gasteiger partial charge in [0.05, 0.1) is 11.0 Å². The summed E-state index contributed by atoms with van der Waals surface area (Å²) in [6.45, 7) is 2.99. The lowest BCUT2D eigenvalue weighted by atomic mass is 9.84. The van der Waals surface area contributed by atoms with Crippen LogP contribution in [0.25, 0.3) is 11.0 Å². The lowest BCUT2D eigenvalue weighted by Crippen LogP contribution is -2.20. The molecule has 1 aliphatic carbocycles. The number of fused-ring (bicyclic) bond motifs is 1. The third kappa shape index (κ3) is 2.47. The first-order chi connectivity index (χ1) is 9.83. The molecular formula is C17H25N3. The van der Waals surface area contributed by atoms with Crippen LogP contribution >= 0.6 is 0 Å². The van der Waals surface area contributed by atoms with E-state index in [9.17, 15) is 0 Å². The first-order valence-corrected chi connectivity index (χ1v) is 7.99. The summed E-state index contributed by atoms with van der Waals surface area (Å²) in [5, 5.41) is 0. The standard InChI is InChI=1S/C17H25N3/c1-2-13-7-9-14(10-8-13)20-16-6-4-3-5-15(16)19-17(20)11-12-18/h3-6,13-14H,2,7-12,18H2,1H3. The van der Waals surface area contributed by atoms with Crippen molar-refractivity contribution in [1.82, 2.24) is 9.55 Å². The molecule has 1 saturated carbocycles. The van der Waals surface area contributed by atoms with Crippen LogP contribution in [0, 0.1) is 5.92 Å². The molecule has 2 aromatic rings. The number of hydrogen-bond acceptors (Lipinski definition) is 2. The molecule has 1 fully saturated rings. The number of benzene rings is 1. The summed E-state index contributed by atoms with van der Waals surface area (Å²) in [5.41, 5.74) is 8.18. The molecule has 0 spiro atoms. The molecule has 0 aliphatic heterocycles. The van der Waals surface area contributed by atoms with Crippen LogP contribution in [0.3, 0.4) is 0 Å². The normalized spacial score (nSPS) is 23.3. The van der Waals surface area contributed by atoms with Crippen molar-refractivity contribution < 1.29 is 0 Å².